The number of rotatable bonds is 2. The van der Waals surface area contributed by atoms with Gasteiger partial charge in [-0.05, 0) is 26.6 Å². The second-order valence-electron chi connectivity index (χ2n) is 2.72. The smallest absolute Gasteiger partial charge is 0.0229 e. The van der Waals surface area contributed by atoms with Crippen molar-refractivity contribution in [3.05, 3.63) is 0 Å². The van der Waals surface area contributed by atoms with Gasteiger partial charge < -0.3 is 10.2 Å². The summed E-state index contributed by atoms with van der Waals surface area (Å²) in [4.78, 5) is 2.40. The maximum atomic E-state index is 3.35. The molecule has 2 heteroatoms. The van der Waals surface area contributed by atoms with E-state index in [9.17, 15) is 0 Å². The first-order valence-corrected chi connectivity index (χ1v) is 3.75. The molecule has 1 saturated heterocycles. The fraction of sp³-hybridized carbons (Fsp3) is 1.00. The van der Waals surface area contributed by atoms with Gasteiger partial charge in [0.05, 0.1) is 0 Å². The van der Waals surface area contributed by atoms with Crippen LogP contribution in [-0.2, 0) is 0 Å². The van der Waals surface area contributed by atoms with Crippen molar-refractivity contribution in [3.63, 3.8) is 0 Å². The summed E-state index contributed by atoms with van der Waals surface area (Å²) in [7, 11) is 2.19. The Labute approximate surface area is 57.2 Å². The topological polar surface area (TPSA) is 15.3 Å². The van der Waals surface area contributed by atoms with Gasteiger partial charge in [-0.3, -0.25) is 0 Å². The van der Waals surface area contributed by atoms with Crippen molar-refractivity contribution in [3.8, 4) is 0 Å². The van der Waals surface area contributed by atoms with Gasteiger partial charge in [-0.25, -0.2) is 0 Å². The maximum Gasteiger partial charge on any atom is 0.0229 e. The number of hydrogen-bond donors (Lipinski definition) is 1. The van der Waals surface area contributed by atoms with E-state index in [4.69, 9.17) is 0 Å². The fourth-order valence-electron chi connectivity index (χ4n) is 1.27. The molecular formula is C7H16N2. The van der Waals surface area contributed by atoms with Crippen LogP contribution in [0.15, 0.2) is 0 Å². The van der Waals surface area contributed by atoms with Crippen molar-refractivity contribution < 1.29 is 0 Å². The first kappa shape index (κ1) is 7.03. The van der Waals surface area contributed by atoms with Crippen molar-refractivity contribution in [1.82, 2.24) is 10.2 Å². The zero-order valence-electron chi connectivity index (χ0n) is 6.35. The van der Waals surface area contributed by atoms with Crippen LogP contribution >= 0.6 is 0 Å². The molecular weight excluding hydrogens is 112 g/mol. The van der Waals surface area contributed by atoms with Gasteiger partial charge >= 0.3 is 0 Å². The molecule has 0 aromatic rings. The molecule has 9 heavy (non-hydrogen) atoms. The van der Waals surface area contributed by atoms with Crippen LogP contribution in [0.4, 0.5) is 0 Å². The van der Waals surface area contributed by atoms with Crippen LogP contribution in [0.25, 0.3) is 0 Å². The lowest BCUT2D eigenvalue weighted by Crippen LogP contribution is -2.32. The van der Waals surface area contributed by atoms with Gasteiger partial charge in [-0.1, -0.05) is 6.92 Å². The van der Waals surface area contributed by atoms with Crippen molar-refractivity contribution in [1.29, 1.82) is 0 Å². The molecule has 1 rings (SSSR count). The van der Waals surface area contributed by atoms with Crippen LogP contribution in [0, 0.1) is 0 Å². The standard InChI is InChI=1S/C7H16N2/c1-3-9(2)7-4-5-8-6-7/h7-8H,3-6H2,1-2H3/t7-/m1/s1. The number of likely N-dealkylation sites (N-methyl/N-ethyl adjacent to an activating group) is 1. The molecule has 0 saturated carbocycles. The van der Waals surface area contributed by atoms with E-state index in [1.807, 2.05) is 0 Å². The molecule has 0 spiro atoms. The molecule has 0 aliphatic carbocycles. The normalized spacial score (nSPS) is 27.7. The quantitative estimate of drug-likeness (QED) is 0.575. The Bertz CT molecular complexity index is 77.0. The minimum absolute atomic E-state index is 0.801. The Hall–Kier alpha value is -0.0800. The molecule has 1 fully saturated rings. The molecule has 1 aliphatic heterocycles. The minimum atomic E-state index is 0.801. The highest BCUT2D eigenvalue weighted by Crippen LogP contribution is 2.04. The van der Waals surface area contributed by atoms with Gasteiger partial charge in [-0.2, -0.15) is 0 Å². The van der Waals surface area contributed by atoms with E-state index in [0.717, 1.165) is 6.04 Å². The van der Waals surface area contributed by atoms with E-state index in [1.54, 1.807) is 0 Å². The molecule has 1 N–H and O–H groups in total. The van der Waals surface area contributed by atoms with Crippen LogP contribution in [0.5, 0.6) is 0 Å². The van der Waals surface area contributed by atoms with E-state index < -0.39 is 0 Å². The number of nitrogens with one attached hydrogen (secondary N) is 1. The van der Waals surface area contributed by atoms with E-state index in [2.05, 4.69) is 24.2 Å². The SMILES string of the molecule is CCN(C)[C@@H]1CCNC1. The molecule has 0 bridgehead atoms. The predicted molar refractivity (Wildman–Crippen MR) is 39.6 cm³/mol. The summed E-state index contributed by atoms with van der Waals surface area (Å²) in [6.45, 7) is 5.77. The predicted octanol–water partition coefficient (Wildman–Crippen LogP) is 0.300. The molecule has 1 atom stereocenters. The summed E-state index contributed by atoms with van der Waals surface area (Å²) in [5.74, 6) is 0. The Balaban J connectivity index is 2.24. The molecule has 54 valence electrons. The average Bonchev–Trinajstić information content (AvgIpc) is 2.37. The number of hydrogen-bond acceptors (Lipinski definition) is 2. The number of nitrogens with zero attached hydrogens (tertiary/aromatic N) is 1. The van der Waals surface area contributed by atoms with Crippen molar-refractivity contribution >= 4 is 0 Å². The van der Waals surface area contributed by atoms with Crippen LogP contribution in [0.2, 0.25) is 0 Å². The van der Waals surface area contributed by atoms with Gasteiger partial charge in [-0.15, -0.1) is 0 Å². The highest BCUT2D eigenvalue weighted by atomic mass is 15.2. The monoisotopic (exact) mass is 128 g/mol. The molecule has 2 nitrogen and oxygen atoms in total. The van der Waals surface area contributed by atoms with Crippen LogP contribution in [-0.4, -0.2) is 37.6 Å². The Morgan fingerprint density at radius 1 is 1.67 bits per heavy atom. The van der Waals surface area contributed by atoms with Gasteiger partial charge in [0, 0.05) is 12.6 Å². The molecule has 1 heterocycles. The van der Waals surface area contributed by atoms with Crippen molar-refractivity contribution in [2.24, 2.45) is 0 Å². The first-order chi connectivity index (χ1) is 4.34. The Kier molecular flexibility index (Phi) is 2.49. The maximum absolute atomic E-state index is 3.35. The van der Waals surface area contributed by atoms with Gasteiger partial charge in [0.2, 0.25) is 0 Å². The third kappa shape index (κ3) is 1.66. The second-order valence-corrected chi connectivity index (χ2v) is 2.72. The summed E-state index contributed by atoms with van der Waals surface area (Å²) in [5, 5.41) is 3.35. The van der Waals surface area contributed by atoms with Gasteiger partial charge in [0.1, 0.15) is 0 Å². The van der Waals surface area contributed by atoms with Crippen LogP contribution in [0.1, 0.15) is 13.3 Å². The highest BCUT2D eigenvalue weighted by molar-refractivity contribution is 4.77. The molecule has 0 unspecified atom stereocenters. The third-order valence-electron chi connectivity index (χ3n) is 2.16. The van der Waals surface area contributed by atoms with Gasteiger partial charge in [0.25, 0.3) is 0 Å². The van der Waals surface area contributed by atoms with E-state index in [1.165, 1.54) is 26.1 Å². The molecule has 0 radical (unpaired) electrons. The van der Waals surface area contributed by atoms with E-state index >= 15 is 0 Å². The minimum Gasteiger partial charge on any atom is -0.315 e. The summed E-state index contributed by atoms with van der Waals surface area (Å²) < 4.78 is 0. The zero-order chi connectivity index (χ0) is 6.69. The molecule has 0 aromatic carbocycles. The summed E-state index contributed by atoms with van der Waals surface area (Å²) >= 11 is 0. The fourth-order valence-corrected chi connectivity index (χ4v) is 1.27. The van der Waals surface area contributed by atoms with Gasteiger partial charge in [0.15, 0.2) is 0 Å². The Morgan fingerprint density at radius 3 is 2.89 bits per heavy atom. The first-order valence-electron chi connectivity index (χ1n) is 3.75. The molecule has 1 aliphatic rings. The highest BCUT2D eigenvalue weighted by Gasteiger charge is 2.16. The Morgan fingerprint density at radius 2 is 2.44 bits per heavy atom. The second kappa shape index (κ2) is 3.18. The third-order valence-corrected chi connectivity index (χ3v) is 2.16. The lowest BCUT2D eigenvalue weighted by molar-refractivity contribution is 0.270. The average molecular weight is 128 g/mol. The molecule has 0 aromatic heterocycles. The van der Waals surface area contributed by atoms with E-state index in [0.29, 0.717) is 0 Å². The van der Waals surface area contributed by atoms with Crippen molar-refractivity contribution in [2.75, 3.05) is 26.7 Å². The zero-order valence-corrected chi connectivity index (χ0v) is 6.35. The lowest BCUT2D eigenvalue weighted by Gasteiger charge is -2.20. The molecule has 0 amide bonds. The largest absolute Gasteiger partial charge is 0.315 e. The van der Waals surface area contributed by atoms with Crippen LogP contribution in [0.3, 0.4) is 0 Å². The van der Waals surface area contributed by atoms with Crippen LogP contribution < -0.4 is 5.32 Å². The van der Waals surface area contributed by atoms with E-state index in [-0.39, 0.29) is 0 Å². The lowest BCUT2D eigenvalue weighted by atomic mass is 10.2. The summed E-state index contributed by atoms with van der Waals surface area (Å²) in [6, 6.07) is 0.801. The van der Waals surface area contributed by atoms with Crippen molar-refractivity contribution in [2.45, 2.75) is 19.4 Å². The summed E-state index contributed by atoms with van der Waals surface area (Å²) in [6.07, 6.45) is 1.32. The summed E-state index contributed by atoms with van der Waals surface area (Å²) in [5.41, 5.74) is 0.